The van der Waals surface area contributed by atoms with Crippen molar-refractivity contribution in [3.8, 4) is 0 Å². The van der Waals surface area contributed by atoms with E-state index in [1.54, 1.807) is 0 Å². The molecule has 1 saturated heterocycles. The zero-order chi connectivity index (χ0) is 28.7. The van der Waals surface area contributed by atoms with E-state index in [-0.39, 0.29) is 18.3 Å². The van der Waals surface area contributed by atoms with Gasteiger partial charge >= 0.3 is 0 Å². The first kappa shape index (κ1) is 29.5. The first-order valence-corrected chi connectivity index (χ1v) is 15.6. The molecule has 0 aromatic heterocycles. The lowest BCUT2D eigenvalue weighted by Gasteiger charge is -2.47. The third-order valence-corrected chi connectivity index (χ3v) is 8.94. The Hall–Kier alpha value is -2.58. The zero-order valence-electron chi connectivity index (χ0n) is 24.5. The fourth-order valence-electron chi connectivity index (χ4n) is 6.53. The highest BCUT2D eigenvalue weighted by atomic mass is 16.7. The second-order valence-electron chi connectivity index (χ2n) is 12.1. The minimum atomic E-state index is -0.694. The Morgan fingerprint density at radius 2 is 1.12 bits per heavy atom. The molecule has 3 aromatic rings. The lowest BCUT2D eigenvalue weighted by molar-refractivity contribution is -0.338. The van der Waals surface area contributed by atoms with Gasteiger partial charge in [-0.25, -0.2) is 0 Å². The number of hydrogen-bond donors (Lipinski definition) is 1. The van der Waals surface area contributed by atoms with Crippen LogP contribution in [-0.4, -0.2) is 48.0 Å². The fraction of sp³-hybridized carbons (Fsp3) is 0.500. The number of hydrogen-bond acceptors (Lipinski definition) is 6. The molecule has 0 bridgehead atoms. The van der Waals surface area contributed by atoms with Gasteiger partial charge in [0.1, 0.15) is 18.3 Å². The van der Waals surface area contributed by atoms with Gasteiger partial charge in [0.15, 0.2) is 6.29 Å². The lowest BCUT2D eigenvalue weighted by Crippen LogP contribution is -2.61. The zero-order valence-corrected chi connectivity index (χ0v) is 24.5. The van der Waals surface area contributed by atoms with E-state index < -0.39 is 24.6 Å². The summed E-state index contributed by atoms with van der Waals surface area (Å²) < 4.78 is 33.3. The average molecular weight is 573 g/mol. The molecule has 3 fully saturated rings. The van der Waals surface area contributed by atoms with Crippen LogP contribution in [0.1, 0.15) is 55.7 Å². The Kier molecular flexibility index (Phi) is 10.0. The summed E-state index contributed by atoms with van der Waals surface area (Å²) in [7, 11) is 0. The molecule has 1 aliphatic heterocycles. The van der Waals surface area contributed by atoms with Crippen molar-refractivity contribution in [1.29, 1.82) is 0 Å². The molecule has 6 heteroatoms. The van der Waals surface area contributed by atoms with E-state index in [9.17, 15) is 5.11 Å². The maximum atomic E-state index is 11.1. The second kappa shape index (κ2) is 14.3. The molecule has 1 heterocycles. The standard InChI is InChI=1S/C36H44O6/c1-25-32(38-22-26-12-5-2-6-13-26)34(39-23-27-14-7-3-8-15-27)35(40-24-28-16-9-4-10-17-28)36(41-25)42-33-30(29-20-21-29)18-11-19-31(33)37/h2-10,12-17,25,29-37H,11,18-24H2,1H3/t25-,30+,31-,32+,33-,34+,35-,36-/m1/s1. The highest BCUT2D eigenvalue weighted by molar-refractivity contribution is 5.15. The van der Waals surface area contributed by atoms with Crippen molar-refractivity contribution in [1.82, 2.24) is 0 Å². The summed E-state index contributed by atoms with van der Waals surface area (Å²) in [5.41, 5.74) is 3.23. The van der Waals surface area contributed by atoms with Gasteiger partial charge in [-0.15, -0.1) is 0 Å². The second-order valence-corrected chi connectivity index (χ2v) is 12.1. The van der Waals surface area contributed by atoms with Gasteiger partial charge in [-0.1, -0.05) is 97.4 Å². The maximum absolute atomic E-state index is 11.1. The number of rotatable bonds is 12. The first-order chi connectivity index (χ1) is 20.7. The number of aliphatic hydroxyl groups excluding tert-OH is 1. The van der Waals surface area contributed by atoms with Gasteiger partial charge in [0, 0.05) is 0 Å². The molecule has 2 aliphatic carbocycles. The number of benzene rings is 3. The quantitative estimate of drug-likeness (QED) is 0.269. The molecule has 0 spiro atoms. The van der Waals surface area contributed by atoms with Crippen LogP contribution in [0, 0.1) is 11.8 Å². The molecular formula is C36H44O6. The van der Waals surface area contributed by atoms with E-state index in [0.29, 0.717) is 31.7 Å². The van der Waals surface area contributed by atoms with Crippen LogP contribution in [-0.2, 0) is 43.5 Å². The molecule has 0 unspecified atom stereocenters. The van der Waals surface area contributed by atoms with Gasteiger partial charge in [-0.05, 0) is 61.1 Å². The Labute approximate surface area is 249 Å². The predicted molar refractivity (Wildman–Crippen MR) is 160 cm³/mol. The number of aliphatic hydroxyl groups is 1. The van der Waals surface area contributed by atoms with E-state index >= 15 is 0 Å². The third-order valence-electron chi connectivity index (χ3n) is 8.94. The molecule has 3 aliphatic rings. The Bertz CT molecular complexity index is 1200. The Morgan fingerprint density at radius 1 is 0.619 bits per heavy atom. The summed E-state index contributed by atoms with van der Waals surface area (Å²) in [5, 5.41) is 11.1. The Balaban J connectivity index is 1.27. The molecule has 8 atom stereocenters. The summed E-state index contributed by atoms with van der Waals surface area (Å²) in [6.45, 7) is 3.26. The fourth-order valence-corrected chi connectivity index (χ4v) is 6.53. The summed E-state index contributed by atoms with van der Waals surface area (Å²) in [6.07, 6.45) is 2.13. The van der Waals surface area contributed by atoms with Crippen molar-refractivity contribution >= 4 is 0 Å². The smallest absolute Gasteiger partial charge is 0.187 e. The molecule has 0 amide bonds. The highest BCUT2D eigenvalue weighted by Crippen LogP contribution is 2.46. The predicted octanol–water partition coefficient (Wildman–Crippen LogP) is 6.44. The van der Waals surface area contributed by atoms with Gasteiger partial charge in [-0.3, -0.25) is 0 Å². The van der Waals surface area contributed by atoms with Crippen LogP contribution < -0.4 is 0 Å². The topological polar surface area (TPSA) is 66.4 Å². The average Bonchev–Trinajstić information content (AvgIpc) is 3.87. The van der Waals surface area contributed by atoms with Crippen molar-refractivity contribution < 1.29 is 28.8 Å². The van der Waals surface area contributed by atoms with Gasteiger partial charge in [0.25, 0.3) is 0 Å². The summed E-state index contributed by atoms with van der Waals surface area (Å²) in [5.74, 6) is 0.972. The van der Waals surface area contributed by atoms with E-state index in [2.05, 4.69) is 36.4 Å². The summed E-state index contributed by atoms with van der Waals surface area (Å²) in [6, 6.07) is 30.5. The van der Waals surface area contributed by atoms with Gasteiger partial charge in [0.2, 0.25) is 0 Å². The van der Waals surface area contributed by atoms with Crippen LogP contribution in [0.2, 0.25) is 0 Å². The normalized spacial score (nSPS) is 31.6. The molecule has 1 N–H and O–H groups in total. The van der Waals surface area contributed by atoms with Gasteiger partial charge in [-0.2, -0.15) is 0 Å². The molecule has 2 saturated carbocycles. The largest absolute Gasteiger partial charge is 0.390 e. The van der Waals surface area contributed by atoms with Crippen molar-refractivity contribution in [2.45, 2.75) is 102 Å². The van der Waals surface area contributed by atoms with Crippen LogP contribution in [0.4, 0.5) is 0 Å². The van der Waals surface area contributed by atoms with Crippen molar-refractivity contribution in [3.05, 3.63) is 108 Å². The number of ether oxygens (including phenoxy) is 5. The molecular weight excluding hydrogens is 528 g/mol. The SMILES string of the molecule is C[C@H]1O[C@H](O[C@H]2[C@H](O)CCC[C@H]2C2CC2)[C@H](OCc2ccccc2)[C@@H](OCc2ccccc2)[C@H]1OCc1ccccc1. The minimum Gasteiger partial charge on any atom is -0.390 e. The molecule has 42 heavy (non-hydrogen) atoms. The molecule has 6 nitrogen and oxygen atoms in total. The molecule has 0 radical (unpaired) electrons. The van der Waals surface area contributed by atoms with Crippen molar-refractivity contribution in [2.75, 3.05) is 0 Å². The molecule has 6 rings (SSSR count). The lowest BCUT2D eigenvalue weighted by atomic mass is 9.81. The summed E-state index contributed by atoms with van der Waals surface area (Å²) in [4.78, 5) is 0. The maximum Gasteiger partial charge on any atom is 0.187 e. The highest BCUT2D eigenvalue weighted by Gasteiger charge is 2.50. The molecule has 3 aromatic carbocycles. The first-order valence-electron chi connectivity index (χ1n) is 15.6. The van der Waals surface area contributed by atoms with Gasteiger partial charge < -0.3 is 28.8 Å². The van der Waals surface area contributed by atoms with Crippen LogP contribution >= 0.6 is 0 Å². The van der Waals surface area contributed by atoms with E-state index in [0.717, 1.165) is 36.0 Å². The summed E-state index contributed by atoms with van der Waals surface area (Å²) >= 11 is 0. The van der Waals surface area contributed by atoms with Crippen molar-refractivity contribution in [2.24, 2.45) is 11.8 Å². The van der Waals surface area contributed by atoms with Crippen LogP contribution in [0.15, 0.2) is 91.0 Å². The monoisotopic (exact) mass is 572 g/mol. The Morgan fingerprint density at radius 3 is 1.64 bits per heavy atom. The van der Waals surface area contributed by atoms with E-state index in [1.807, 2.05) is 61.5 Å². The van der Waals surface area contributed by atoms with Crippen LogP contribution in [0.5, 0.6) is 0 Å². The van der Waals surface area contributed by atoms with Crippen LogP contribution in [0.3, 0.4) is 0 Å². The van der Waals surface area contributed by atoms with E-state index in [4.69, 9.17) is 23.7 Å². The van der Waals surface area contributed by atoms with Crippen molar-refractivity contribution in [3.63, 3.8) is 0 Å². The third kappa shape index (κ3) is 7.49. The van der Waals surface area contributed by atoms with E-state index in [1.165, 1.54) is 12.8 Å². The molecule has 224 valence electrons. The van der Waals surface area contributed by atoms with Gasteiger partial charge in [0.05, 0.1) is 38.1 Å². The minimum absolute atomic E-state index is 0.275. The van der Waals surface area contributed by atoms with Crippen LogP contribution in [0.25, 0.3) is 0 Å².